The van der Waals surface area contributed by atoms with Crippen LogP contribution in [-0.4, -0.2) is 32.5 Å². The summed E-state index contributed by atoms with van der Waals surface area (Å²) < 4.78 is 68.3. The summed E-state index contributed by atoms with van der Waals surface area (Å²) in [7, 11) is 0. The van der Waals surface area contributed by atoms with Gasteiger partial charge in [0.05, 0.1) is 12.1 Å². The van der Waals surface area contributed by atoms with Crippen molar-refractivity contribution in [1.29, 1.82) is 0 Å². The standard InChI is InChI=1S/C24H20F4N4O4/c25-17-9-14(1-2-18(17)35-16-5-8-29-19(10-16)36-24(26,27)28)12-34-20-11-21-31(22(33)30-20)13-23-6-3-15(4-7-23)32(21)23/h1-2,5,8-11,15H,3-4,6-7,12-13H2. The predicted octanol–water partition coefficient (Wildman–Crippen LogP) is 4.56. The molecule has 3 aliphatic heterocycles. The molecule has 1 aromatic carbocycles. The number of hydrogen-bond acceptors (Lipinski definition) is 7. The molecule has 2 aromatic heterocycles. The van der Waals surface area contributed by atoms with Gasteiger partial charge in [0, 0.05) is 24.4 Å². The average molecular weight is 504 g/mol. The van der Waals surface area contributed by atoms with Crippen molar-refractivity contribution in [3.8, 4) is 23.3 Å². The highest BCUT2D eigenvalue weighted by molar-refractivity contribution is 5.54. The molecule has 12 heteroatoms. The van der Waals surface area contributed by atoms with Crippen molar-refractivity contribution in [3.63, 3.8) is 0 Å². The Kier molecular flexibility index (Phi) is 5.09. The van der Waals surface area contributed by atoms with E-state index in [1.54, 1.807) is 16.7 Å². The summed E-state index contributed by atoms with van der Waals surface area (Å²) in [5.41, 5.74) is 0.110. The van der Waals surface area contributed by atoms with Crippen LogP contribution >= 0.6 is 0 Å². The highest BCUT2D eigenvalue weighted by atomic mass is 19.4. The first-order valence-corrected chi connectivity index (χ1v) is 11.4. The number of pyridine rings is 1. The molecule has 2 fully saturated rings. The zero-order valence-electron chi connectivity index (χ0n) is 18.8. The van der Waals surface area contributed by atoms with Crippen LogP contribution in [0, 0.1) is 5.82 Å². The van der Waals surface area contributed by atoms with Crippen LogP contribution in [0.2, 0.25) is 0 Å². The van der Waals surface area contributed by atoms with E-state index in [0.29, 0.717) is 18.2 Å². The van der Waals surface area contributed by atoms with Crippen LogP contribution in [0.1, 0.15) is 31.2 Å². The van der Waals surface area contributed by atoms with E-state index >= 15 is 0 Å². The van der Waals surface area contributed by atoms with Crippen molar-refractivity contribution in [1.82, 2.24) is 14.5 Å². The molecule has 2 bridgehead atoms. The van der Waals surface area contributed by atoms with Crippen molar-refractivity contribution >= 4 is 5.82 Å². The van der Waals surface area contributed by atoms with Gasteiger partial charge in [0.15, 0.2) is 11.6 Å². The lowest BCUT2D eigenvalue weighted by Gasteiger charge is -2.27. The van der Waals surface area contributed by atoms with Crippen molar-refractivity contribution in [3.05, 3.63) is 64.5 Å². The second-order valence-electron chi connectivity index (χ2n) is 9.18. The van der Waals surface area contributed by atoms with Gasteiger partial charge >= 0.3 is 12.1 Å². The molecule has 5 heterocycles. The van der Waals surface area contributed by atoms with Crippen molar-refractivity contribution in [2.24, 2.45) is 0 Å². The number of ether oxygens (including phenoxy) is 3. The van der Waals surface area contributed by atoms with Crippen LogP contribution in [0.3, 0.4) is 0 Å². The first-order valence-electron chi connectivity index (χ1n) is 11.4. The van der Waals surface area contributed by atoms with Crippen LogP contribution in [0.15, 0.2) is 47.4 Å². The van der Waals surface area contributed by atoms with Gasteiger partial charge in [0.1, 0.15) is 18.2 Å². The molecule has 0 aliphatic carbocycles. The van der Waals surface area contributed by atoms with Gasteiger partial charge in [-0.25, -0.2) is 14.2 Å². The van der Waals surface area contributed by atoms with Gasteiger partial charge in [0.2, 0.25) is 11.8 Å². The first kappa shape index (κ1) is 22.6. The summed E-state index contributed by atoms with van der Waals surface area (Å²) in [6.45, 7) is 0.611. The Morgan fingerprint density at radius 1 is 1.08 bits per heavy atom. The van der Waals surface area contributed by atoms with E-state index < -0.39 is 18.1 Å². The molecule has 2 saturated heterocycles. The van der Waals surface area contributed by atoms with E-state index in [0.717, 1.165) is 43.8 Å². The summed E-state index contributed by atoms with van der Waals surface area (Å²) in [5.74, 6) is -0.759. The van der Waals surface area contributed by atoms with Crippen LogP contribution in [0.25, 0.3) is 0 Å². The lowest BCUT2D eigenvalue weighted by molar-refractivity contribution is -0.276. The van der Waals surface area contributed by atoms with Gasteiger partial charge in [-0.05, 0) is 49.4 Å². The van der Waals surface area contributed by atoms with E-state index in [9.17, 15) is 22.4 Å². The maximum absolute atomic E-state index is 14.6. The topological polar surface area (TPSA) is 78.7 Å². The third-order valence-corrected chi connectivity index (χ3v) is 6.96. The van der Waals surface area contributed by atoms with Gasteiger partial charge < -0.3 is 19.1 Å². The van der Waals surface area contributed by atoms with Gasteiger partial charge in [-0.3, -0.25) is 4.57 Å². The average Bonchev–Trinajstić information content (AvgIpc) is 3.44. The van der Waals surface area contributed by atoms with Crippen molar-refractivity contribution in [2.75, 3.05) is 4.90 Å². The molecule has 8 nitrogen and oxygen atoms in total. The molecule has 0 amide bonds. The van der Waals surface area contributed by atoms with Crippen LogP contribution < -0.4 is 24.8 Å². The largest absolute Gasteiger partial charge is 0.574 e. The van der Waals surface area contributed by atoms with E-state index in [1.807, 2.05) is 0 Å². The van der Waals surface area contributed by atoms with Gasteiger partial charge in [0.25, 0.3) is 0 Å². The Morgan fingerprint density at radius 3 is 2.64 bits per heavy atom. The molecule has 3 aliphatic rings. The summed E-state index contributed by atoms with van der Waals surface area (Å²) in [6, 6.07) is 8.43. The van der Waals surface area contributed by atoms with Gasteiger partial charge in [-0.1, -0.05) is 6.07 Å². The molecule has 0 radical (unpaired) electrons. The minimum atomic E-state index is -4.91. The Morgan fingerprint density at radius 2 is 1.89 bits per heavy atom. The summed E-state index contributed by atoms with van der Waals surface area (Å²) in [6.07, 6.45) is 0.524. The number of halogens is 4. The highest BCUT2D eigenvalue weighted by Gasteiger charge is 2.56. The Hall–Kier alpha value is -3.83. The summed E-state index contributed by atoms with van der Waals surface area (Å²) in [4.78, 5) is 22.4. The minimum Gasteiger partial charge on any atom is -0.473 e. The number of aromatic nitrogens is 3. The number of benzene rings is 1. The molecule has 0 atom stereocenters. The molecule has 0 spiro atoms. The number of alkyl halides is 3. The molecule has 0 unspecified atom stereocenters. The van der Waals surface area contributed by atoms with Crippen molar-refractivity contribution in [2.45, 2.75) is 56.8 Å². The summed E-state index contributed by atoms with van der Waals surface area (Å²) >= 11 is 0. The fourth-order valence-electron chi connectivity index (χ4n) is 5.51. The number of fused-ring (bicyclic) bond motifs is 1. The number of hydrogen-bond donors (Lipinski definition) is 0. The second kappa shape index (κ2) is 8.10. The third kappa shape index (κ3) is 3.99. The number of nitrogens with zero attached hydrogens (tertiary/aromatic N) is 4. The van der Waals surface area contributed by atoms with Crippen LogP contribution in [0.4, 0.5) is 23.4 Å². The molecule has 0 N–H and O–H groups in total. The minimum absolute atomic E-state index is 0.0184. The lowest BCUT2D eigenvalue weighted by Crippen LogP contribution is -2.38. The summed E-state index contributed by atoms with van der Waals surface area (Å²) in [5, 5.41) is 0. The van der Waals surface area contributed by atoms with Crippen LogP contribution in [0.5, 0.6) is 23.3 Å². The molecule has 188 valence electrons. The SMILES string of the molecule is O=c1nc(OCc2ccc(Oc3ccnc(OC(F)(F)F)c3)c(F)c2)cc2n1CC13CCC(CC1)N23. The van der Waals surface area contributed by atoms with Gasteiger partial charge in [-0.2, -0.15) is 4.98 Å². The molecule has 6 rings (SSSR count). The molecule has 36 heavy (non-hydrogen) atoms. The smallest absolute Gasteiger partial charge is 0.473 e. The molecular weight excluding hydrogens is 484 g/mol. The highest BCUT2D eigenvalue weighted by Crippen LogP contribution is 2.53. The molecule has 3 aromatic rings. The molecule has 0 saturated carbocycles. The predicted molar refractivity (Wildman–Crippen MR) is 118 cm³/mol. The van der Waals surface area contributed by atoms with Crippen LogP contribution in [-0.2, 0) is 13.2 Å². The van der Waals surface area contributed by atoms with E-state index in [1.165, 1.54) is 18.2 Å². The van der Waals surface area contributed by atoms with Crippen molar-refractivity contribution < 1.29 is 31.8 Å². The normalized spacial score (nSPS) is 21.9. The zero-order chi connectivity index (χ0) is 25.1. The quantitative estimate of drug-likeness (QED) is 0.456. The van der Waals surface area contributed by atoms with Gasteiger partial charge in [-0.15, -0.1) is 13.2 Å². The van der Waals surface area contributed by atoms with E-state index in [2.05, 4.69) is 19.6 Å². The Labute approximate surface area is 202 Å². The maximum atomic E-state index is 14.6. The monoisotopic (exact) mass is 504 g/mol. The molecular formula is C24H20F4N4O4. The first-order chi connectivity index (χ1) is 17.2. The third-order valence-electron chi connectivity index (χ3n) is 6.96. The Balaban J connectivity index is 1.14. The number of anilines is 1. The maximum Gasteiger partial charge on any atom is 0.574 e. The Bertz CT molecular complexity index is 1390. The fourth-order valence-corrected chi connectivity index (χ4v) is 5.51. The fraction of sp³-hybridized carbons (Fsp3) is 0.375. The zero-order valence-corrected chi connectivity index (χ0v) is 18.8. The van der Waals surface area contributed by atoms with E-state index in [-0.39, 0.29) is 35.2 Å². The van der Waals surface area contributed by atoms with E-state index in [4.69, 9.17) is 9.47 Å². The second-order valence-corrected chi connectivity index (χ2v) is 9.18. The lowest BCUT2D eigenvalue weighted by atomic mass is 9.88. The number of rotatable bonds is 6.